The average Bonchev–Trinajstić information content (AvgIpc) is 3.95. The molecular weight excluding hydrogens is 1000 g/mol. The molecule has 0 aromatic heterocycles. The van der Waals surface area contributed by atoms with Crippen LogP contribution >= 0.6 is 0 Å². The van der Waals surface area contributed by atoms with Crippen LogP contribution in [0.15, 0.2) is 11.6 Å². The molecule has 76 heavy (non-hydrogen) atoms. The monoisotopic (exact) mass is 1090 g/mol. The molecular formula is C53H90O23. The Morgan fingerprint density at radius 2 is 1.16 bits per heavy atom. The maximum Gasteiger partial charge on any atom is 0.187 e. The third kappa shape index (κ3) is 10.5. The number of rotatable bonds is 15. The number of fused-ring (bicyclic) bond motifs is 5. The van der Waals surface area contributed by atoms with E-state index in [0.717, 1.165) is 12.0 Å². The van der Waals surface area contributed by atoms with E-state index in [4.69, 9.17) is 37.9 Å². The first-order valence-electron chi connectivity index (χ1n) is 27.4. The molecule has 4 aliphatic heterocycles. The average molecular weight is 1100 g/mol. The highest BCUT2D eigenvalue weighted by atomic mass is 16.8. The maximum absolute atomic E-state index is 12.8. The highest BCUT2D eigenvalue weighted by molar-refractivity contribution is 5.21. The predicted octanol–water partition coefficient (Wildman–Crippen LogP) is -2.59. The molecule has 8 aliphatic rings. The molecule has 0 bridgehead atoms. The highest BCUT2D eigenvalue weighted by Gasteiger charge is 2.73. The molecule has 8 fully saturated rings. The summed E-state index contributed by atoms with van der Waals surface area (Å²) in [5.74, 6) is -0.872. The molecule has 0 spiro atoms. The summed E-state index contributed by atoms with van der Waals surface area (Å²) in [7, 11) is 0. The summed E-state index contributed by atoms with van der Waals surface area (Å²) in [6.45, 7) is 14.4. The molecule has 23 nitrogen and oxygen atoms in total. The van der Waals surface area contributed by atoms with Crippen molar-refractivity contribution in [3.05, 3.63) is 11.6 Å². The second-order valence-electron chi connectivity index (χ2n) is 25.5. The van der Waals surface area contributed by atoms with E-state index in [9.17, 15) is 76.6 Å². The standard InChI is InChI=1S/C53H90O23/c1-22(2)10-9-13-53(8,76-47-42(68)38(64)36(62)29(73-47)21-70-45-40(66)33(59)26(58)20-69-45)23-11-14-52(7)32(23)24(56)16-31-50(5)17-25(57)44(49(3,4)30(50)12-15-51(31,52)6)75-48-43(39(65)35(61)28(19-55)72-48)74-46-41(67)37(63)34(60)27(18-54)71-46/h10,23-48,54-68H,9,11-21H2,1-8H3/t23-,24+,25+,26+,27+,28+,29+,30-,31+,32-,33-,34+,35+,36+,37-,38-,39-,40+,41+,42+,43+,44-,45-,46-,47-,48-,50-,51+,52+,53-/m0/s1. The van der Waals surface area contributed by atoms with E-state index in [1.807, 2.05) is 34.6 Å². The lowest BCUT2D eigenvalue weighted by atomic mass is 9.35. The van der Waals surface area contributed by atoms with Gasteiger partial charge in [-0.1, -0.05) is 46.3 Å². The zero-order valence-corrected chi connectivity index (χ0v) is 45.0. The molecule has 440 valence electrons. The van der Waals surface area contributed by atoms with Gasteiger partial charge in [0.15, 0.2) is 25.2 Å². The van der Waals surface area contributed by atoms with Crippen molar-refractivity contribution in [2.45, 2.75) is 247 Å². The molecule has 0 unspecified atom stereocenters. The molecule has 0 radical (unpaired) electrons. The Balaban J connectivity index is 1.03. The van der Waals surface area contributed by atoms with Crippen LogP contribution in [0.25, 0.3) is 0 Å². The van der Waals surface area contributed by atoms with Gasteiger partial charge in [-0.3, -0.25) is 0 Å². The second-order valence-corrected chi connectivity index (χ2v) is 25.5. The van der Waals surface area contributed by atoms with E-state index >= 15 is 0 Å². The molecule has 0 aromatic carbocycles. The SMILES string of the molecule is CC(C)=CCC[C@](C)(O[C@@H]1O[C@H](CO[C@@H]2OC[C@@H](O)[C@H](O)[C@H]2O)[C@@H](O)[C@H](O)[C@H]1O)[C@H]1CC[C@]2(C)[C@@H]1[C@H](O)C[C@@H]1[C@@]3(C)C[C@@H](O)[C@H](O[C@@H]4O[C@H](CO)[C@@H](O)[C@H](O)[C@H]4O[C@@H]4O[C@H](CO)[C@@H](O)[C@H](O)[C@H]4O)C(C)(C)[C@@H]3CC[C@]12C. The van der Waals surface area contributed by atoms with Crippen LogP contribution in [-0.4, -0.2) is 244 Å². The largest absolute Gasteiger partial charge is 0.394 e. The predicted molar refractivity (Wildman–Crippen MR) is 262 cm³/mol. The Hall–Kier alpha value is -1.18. The molecule has 4 saturated heterocycles. The van der Waals surface area contributed by atoms with Gasteiger partial charge in [0, 0.05) is 0 Å². The Morgan fingerprint density at radius 3 is 1.79 bits per heavy atom. The number of aliphatic hydroxyl groups excluding tert-OH is 15. The van der Waals surface area contributed by atoms with Crippen LogP contribution in [0.5, 0.6) is 0 Å². The lowest BCUT2D eigenvalue weighted by molar-refractivity contribution is -0.383. The van der Waals surface area contributed by atoms with Gasteiger partial charge < -0.3 is 114 Å². The fraction of sp³-hybridized carbons (Fsp3) is 0.962. The quantitative estimate of drug-likeness (QED) is 0.0591. The Labute approximate surface area is 444 Å². The van der Waals surface area contributed by atoms with Crippen LogP contribution in [0, 0.1) is 45.3 Å². The fourth-order valence-electron chi connectivity index (χ4n) is 16.1. The minimum atomic E-state index is -1.87. The Morgan fingerprint density at radius 1 is 0.592 bits per heavy atom. The zero-order valence-electron chi connectivity index (χ0n) is 45.0. The van der Waals surface area contributed by atoms with E-state index in [-0.39, 0.29) is 36.7 Å². The summed E-state index contributed by atoms with van der Waals surface area (Å²) >= 11 is 0. The smallest absolute Gasteiger partial charge is 0.187 e. The van der Waals surface area contributed by atoms with Crippen molar-refractivity contribution >= 4 is 0 Å². The van der Waals surface area contributed by atoms with Gasteiger partial charge in [-0.25, -0.2) is 0 Å². The minimum Gasteiger partial charge on any atom is -0.394 e. The van der Waals surface area contributed by atoms with E-state index in [1.54, 1.807) is 0 Å². The van der Waals surface area contributed by atoms with Gasteiger partial charge in [-0.15, -0.1) is 0 Å². The first kappa shape index (κ1) is 60.9. The van der Waals surface area contributed by atoms with Crippen LogP contribution < -0.4 is 0 Å². The lowest BCUT2D eigenvalue weighted by Gasteiger charge is -2.71. The summed E-state index contributed by atoms with van der Waals surface area (Å²) in [4.78, 5) is 0. The lowest BCUT2D eigenvalue weighted by Crippen LogP contribution is -2.70. The Bertz CT molecular complexity index is 1980. The molecule has 30 atom stereocenters. The maximum atomic E-state index is 12.8. The van der Waals surface area contributed by atoms with Crippen LogP contribution in [0.3, 0.4) is 0 Å². The third-order valence-corrected chi connectivity index (χ3v) is 20.4. The van der Waals surface area contributed by atoms with E-state index in [0.29, 0.717) is 38.5 Å². The molecule has 4 saturated carbocycles. The normalized spacial score (nSPS) is 53.2. The molecule has 8 rings (SSSR count). The van der Waals surface area contributed by atoms with E-state index in [1.165, 1.54) is 0 Å². The van der Waals surface area contributed by atoms with E-state index < -0.39 is 182 Å². The number of hydrogen-bond acceptors (Lipinski definition) is 23. The summed E-state index contributed by atoms with van der Waals surface area (Å²) in [6, 6.07) is 0. The fourth-order valence-corrected chi connectivity index (χ4v) is 16.1. The first-order valence-corrected chi connectivity index (χ1v) is 27.4. The van der Waals surface area contributed by atoms with Crippen molar-refractivity contribution in [3.8, 4) is 0 Å². The highest BCUT2D eigenvalue weighted by Crippen LogP contribution is 2.76. The number of allylic oxidation sites excluding steroid dienone is 2. The van der Waals surface area contributed by atoms with Crippen molar-refractivity contribution in [2.24, 2.45) is 45.3 Å². The van der Waals surface area contributed by atoms with Crippen LogP contribution in [0.1, 0.15) is 107 Å². The van der Waals surface area contributed by atoms with Gasteiger partial charge in [-0.2, -0.15) is 0 Å². The Kier molecular flexibility index (Phi) is 18.3. The van der Waals surface area contributed by atoms with Gasteiger partial charge >= 0.3 is 0 Å². The van der Waals surface area contributed by atoms with Gasteiger partial charge in [0.2, 0.25) is 0 Å². The van der Waals surface area contributed by atoms with Gasteiger partial charge in [0.05, 0.1) is 50.3 Å². The number of hydrogen-bond donors (Lipinski definition) is 15. The minimum absolute atomic E-state index is 0.123. The van der Waals surface area contributed by atoms with E-state index in [2.05, 4.69) is 26.8 Å². The molecule has 0 aromatic rings. The zero-order chi connectivity index (χ0) is 55.9. The summed E-state index contributed by atoms with van der Waals surface area (Å²) in [5, 5.41) is 164. The van der Waals surface area contributed by atoms with Crippen molar-refractivity contribution < 1.29 is 114 Å². The van der Waals surface area contributed by atoms with Crippen molar-refractivity contribution in [1.29, 1.82) is 0 Å². The second kappa shape index (κ2) is 22.9. The van der Waals surface area contributed by atoms with Crippen LogP contribution in [0.2, 0.25) is 0 Å². The van der Waals surface area contributed by atoms with Crippen molar-refractivity contribution in [1.82, 2.24) is 0 Å². The molecule has 15 N–H and O–H groups in total. The number of aliphatic hydroxyl groups is 15. The molecule has 4 aliphatic carbocycles. The van der Waals surface area contributed by atoms with Crippen LogP contribution in [0.4, 0.5) is 0 Å². The third-order valence-electron chi connectivity index (χ3n) is 20.4. The molecule has 0 amide bonds. The topological polar surface area (TPSA) is 377 Å². The number of ether oxygens (including phenoxy) is 8. The first-order chi connectivity index (χ1) is 35.5. The van der Waals surface area contributed by atoms with Crippen LogP contribution in [-0.2, 0) is 37.9 Å². The molecule has 4 heterocycles. The molecule has 23 heteroatoms. The summed E-state index contributed by atoms with van der Waals surface area (Å²) in [5.41, 5.74) is -2.32. The van der Waals surface area contributed by atoms with Gasteiger partial charge in [0.25, 0.3) is 0 Å². The van der Waals surface area contributed by atoms with Gasteiger partial charge in [-0.05, 0) is 117 Å². The van der Waals surface area contributed by atoms with Gasteiger partial charge in [0.1, 0.15) is 91.6 Å². The summed E-state index contributed by atoms with van der Waals surface area (Å²) in [6.07, 6.45) is -26.8. The van der Waals surface area contributed by atoms with Crippen molar-refractivity contribution in [2.75, 3.05) is 26.4 Å². The summed E-state index contributed by atoms with van der Waals surface area (Å²) < 4.78 is 48.5. The van der Waals surface area contributed by atoms with Crippen molar-refractivity contribution in [3.63, 3.8) is 0 Å².